The van der Waals surface area contributed by atoms with E-state index in [1.165, 1.54) is 12.8 Å². The molecular formula is C8H12N2OS2. The molecule has 1 aromatic rings. The third-order valence-corrected chi connectivity index (χ3v) is 4.03. The van der Waals surface area contributed by atoms with Crippen LogP contribution in [0.15, 0.2) is 4.34 Å². The Bertz CT molecular complexity index is 271. The van der Waals surface area contributed by atoms with Gasteiger partial charge in [0.15, 0.2) is 4.34 Å². The molecular weight excluding hydrogens is 204 g/mol. The van der Waals surface area contributed by atoms with Crippen molar-refractivity contribution in [1.29, 1.82) is 0 Å². The zero-order valence-corrected chi connectivity index (χ0v) is 9.16. The van der Waals surface area contributed by atoms with Gasteiger partial charge in [0.1, 0.15) is 5.01 Å². The minimum atomic E-state index is 0.439. The molecule has 0 aromatic carbocycles. The molecule has 2 heterocycles. The lowest BCUT2D eigenvalue weighted by atomic mass is 10.3. The van der Waals surface area contributed by atoms with E-state index in [1.807, 2.05) is 6.92 Å². The van der Waals surface area contributed by atoms with Crippen LogP contribution in [-0.2, 0) is 4.74 Å². The molecule has 2 rings (SSSR count). The second-order valence-corrected chi connectivity index (χ2v) is 5.48. The van der Waals surface area contributed by atoms with Gasteiger partial charge < -0.3 is 4.74 Å². The number of aryl methyl sites for hydroxylation is 1. The highest BCUT2D eigenvalue weighted by Crippen LogP contribution is 2.25. The molecule has 0 aliphatic carbocycles. The number of hydrogen-bond acceptors (Lipinski definition) is 5. The van der Waals surface area contributed by atoms with Crippen LogP contribution in [0.1, 0.15) is 17.8 Å². The van der Waals surface area contributed by atoms with Gasteiger partial charge in [-0.15, -0.1) is 10.2 Å². The molecule has 1 aliphatic heterocycles. The summed E-state index contributed by atoms with van der Waals surface area (Å²) >= 11 is 3.41. The Labute approximate surface area is 85.9 Å². The number of rotatable bonds is 3. The topological polar surface area (TPSA) is 35.0 Å². The molecule has 1 saturated heterocycles. The maximum absolute atomic E-state index is 5.52. The Hall–Kier alpha value is -0.130. The zero-order chi connectivity index (χ0) is 9.10. The number of aromatic nitrogens is 2. The summed E-state index contributed by atoms with van der Waals surface area (Å²) in [5.74, 6) is 1.02. The van der Waals surface area contributed by atoms with E-state index in [-0.39, 0.29) is 0 Å². The summed E-state index contributed by atoms with van der Waals surface area (Å²) < 4.78 is 6.58. The van der Waals surface area contributed by atoms with Gasteiger partial charge in [-0.2, -0.15) is 0 Å². The molecule has 0 bridgehead atoms. The highest BCUT2D eigenvalue weighted by atomic mass is 32.2. The first kappa shape index (κ1) is 9.43. The van der Waals surface area contributed by atoms with E-state index in [1.54, 1.807) is 23.1 Å². The van der Waals surface area contributed by atoms with Crippen LogP contribution in [0.2, 0.25) is 0 Å². The second-order valence-electron chi connectivity index (χ2n) is 3.03. The number of thioether (sulfide) groups is 1. The van der Waals surface area contributed by atoms with Crippen LogP contribution in [0.5, 0.6) is 0 Å². The van der Waals surface area contributed by atoms with Crippen molar-refractivity contribution in [2.45, 2.75) is 30.2 Å². The Morgan fingerprint density at radius 1 is 1.62 bits per heavy atom. The fraction of sp³-hybridized carbons (Fsp3) is 0.750. The van der Waals surface area contributed by atoms with E-state index in [0.29, 0.717) is 6.10 Å². The van der Waals surface area contributed by atoms with Crippen molar-refractivity contribution in [1.82, 2.24) is 10.2 Å². The molecule has 1 fully saturated rings. The van der Waals surface area contributed by atoms with E-state index < -0.39 is 0 Å². The number of nitrogens with zero attached hydrogens (tertiary/aromatic N) is 2. The molecule has 0 spiro atoms. The van der Waals surface area contributed by atoms with Gasteiger partial charge in [-0.3, -0.25) is 0 Å². The van der Waals surface area contributed by atoms with Gasteiger partial charge in [0.25, 0.3) is 0 Å². The van der Waals surface area contributed by atoms with Gasteiger partial charge in [-0.05, 0) is 19.8 Å². The molecule has 0 N–H and O–H groups in total. The summed E-state index contributed by atoms with van der Waals surface area (Å²) in [6.07, 6.45) is 2.85. The molecule has 1 atom stereocenters. The van der Waals surface area contributed by atoms with Crippen molar-refractivity contribution in [3.63, 3.8) is 0 Å². The minimum absolute atomic E-state index is 0.439. The van der Waals surface area contributed by atoms with E-state index in [4.69, 9.17) is 4.74 Å². The van der Waals surface area contributed by atoms with Gasteiger partial charge in [-0.1, -0.05) is 23.1 Å². The largest absolute Gasteiger partial charge is 0.377 e. The predicted molar refractivity (Wildman–Crippen MR) is 54.3 cm³/mol. The third kappa shape index (κ3) is 2.65. The second kappa shape index (κ2) is 4.39. The lowest BCUT2D eigenvalue weighted by Crippen LogP contribution is -2.07. The maximum Gasteiger partial charge on any atom is 0.174 e. The summed E-state index contributed by atoms with van der Waals surface area (Å²) in [6, 6.07) is 0. The summed E-state index contributed by atoms with van der Waals surface area (Å²) in [7, 11) is 0. The molecule has 0 amide bonds. The zero-order valence-electron chi connectivity index (χ0n) is 7.52. The quantitative estimate of drug-likeness (QED) is 0.725. The fourth-order valence-electron chi connectivity index (χ4n) is 1.28. The number of ether oxygens (including phenoxy) is 1. The Morgan fingerprint density at radius 2 is 2.54 bits per heavy atom. The smallest absolute Gasteiger partial charge is 0.174 e. The molecule has 5 heteroatoms. The van der Waals surface area contributed by atoms with Gasteiger partial charge in [0, 0.05) is 12.4 Å². The Kier molecular flexibility index (Phi) is 3.18. The summed E-state index contributed by atoms with van der Waals surface area (Å²) in [5.41, 5.74) is 0. The van der Waals surface area contributed by atoms with Gasteiger partial charge in [0.2, 0.25) is 0 Å². The van der Waals surface area contributed by atoms with Crippen LogP contribution < -0.4 is 0 Å². The Balaban J connectivity index is 1.78. The highest BCUT2D eigenvalue weighted by molar-refractivity contribution is 8.01. The van der Waals surface area contributed by atoms with Crippen molar-refractivity contribution in [3.8, 4) is 0 Å². The Morgan fingerprint density at radius 3 is 3.15 bits per heavy atom. The average molecular weight is 216 g/mol. The SMILES string of the molecule is Cc1nnc(SCC2CCCO2)s1. The lowest BCUT2D eigenvalue weighted by Gasteiger charge is -2.05. The van der Waals surface area contributed by atoms with E-state index >= 15 is 0 Å². The lowest BCUT2D eigenvalue weighted by molar-refractivity contribution is 0.129. The van der Waals surface area contributed by atoms with Gasteiger partial charge in [-0.25, -0.2) is 0 Å². The van der Waals surface area contributed by atoms with Crippen molar-refractivity contribution < 1.29 is 4.74 Å². The van der Waals surface area contributed by atoms with Crippen molar-refractivity contribution in [2.24, 2.45) is 0 Å². The van der Waals surface area contributed by atoms with Crippen LogP contribution in [-0.4, -0.2) is 28.7 Å². The van der Waals surface area contributed by atoms with E-state index in [2.05, 4.69) is 10.2 Å². The average Bonchev–Trinajstić information content (AvgIpc) is 2.71. The summed E-state index contributed by atoms with van der Waals surface area (Å²) in [5, 5.41) is 9.06. The monoisotopic (exact) mass is 216 g/mol. The third-order valence-electron chi connectivity index (χ3n) is 1.92. The molecule has 1 aliphatic rings. The van der Waals surface area contributed by atoms with Crippen LogP contribution in [0, 0.1) is 6.92 Å². The summed E-state index contributed by atoms with van der Waals surface area (Å²) in [4.78, 5) is 0. The maximum atomic E-state index is 5.52. The van der Waals surface area contributed by atoms with Crippen LogP contribution >= 0.6 is 23.1 Å². The summed E-state index contributed by atoms with van der Waals surface area (Å²) in [6.45, 7) is 2.91. The van der Waals surface area contributed by atoms with E-state index in [0.717, 1.165) is 21.7 Å². The van der Waals surface area contributed by atoms with Crippen LogP contribution in [0.4, 0.5) is 0 Å². The normalized spacial score (nSPS) is 22.4. The molecule has 3 nitrogen and oxygen atoms in total. The molecule has 1 aromatic heterocycles. The van der Waals surface area contributed by atoms with Crippen LogP contribution in [0.25, 0.3) is 0 Å². The fourth-order valence-corrected chi connectivity index (χ4v) is 3.18. The highest BCUT2D eigenvalue weighted by Gasteiger charge is 2.16. The molecule has 0 radical (unpaired) electrons. The standard InChI is InChI=1S/C8H12N2OS2/c1-6-9-10-8(13-6)12-5-7-3-2-4-11-7/h7H,2-5H2,1H3. The first-order valence-corrected chi connectivity index (χ1v) is 6.19. The van der Waals surface area contributed by atoms with Gasteiger partial charge >= 0.3 is 0 Å². The predicted octanol–water partition coefficient (Wildman–Crippen LogP) is 2.12. The van der Waals surface area contributed by atoms with Crippen molar-refractivity contribution in [3.05, 3.63) is 5.01 Å². The minimum Gasteiger partial charge on any atom is -0.377 e. The number of hydrogen-bond donors (Lipinski definition) is 0. The molecule has 13 heavy (non-hydrogen) atoms. The first-order valence-electron chi connectivity index (χ1n) is 4.39. The molecule has 0 saturated carbocycles. The molecule has 72 valence electrons. The van der Waals surface area contributed by atoms with E-state index in [9.17, 15) is 0 Å². The molecule has 1 unspecified atom stereocenters. The first-order chi connectivity index (χ1) is 6.34. The van der Waals surface area contributed by atoms with Crippen molar-refractivity contribution >= 4 is 23.1 Å². The van der Waals surface area contributed by atoms with Crippen molar-refractivity contribution in [2.75, 3.05) is 12.4 Å². The van der Waals surface area contributed by atoms with Crippen LogP contribution in [0.3, 0.4) is 0 Å². The van der Waals surface area contributed by atoms with Gasteiger partial charge in [0.05, 0.1) is 6.10 Å².